The van der Waals surface area contributed by atoms with E-state index in [1.54, 1.807) is 53.3 Å². The second kappa shape index (κ2) is 20.1. The monoisotopic (exact) mass is 811 g/mol. The number of methoxy groups -OCH3 is 2. The summed E-state index contributed by atoms with van der Waals surface area (Å²) in [5, 5.41) is 2.26. The van der Waals surface area contributed by atoms with Crippen LogP contribution in [0.1, 0.15) is 17.5 Å². The highest BCUT2D eigenvalue weighted by molar-refractivity contribution is 7.88. The Morgan fingerprint density at radius 2 is 1.12 bits per heavy atom. The molecule has 302 valence electrons. The quantitative estimate of drug-likeness (QED) is 0.0809. The van der Waals surface area contributed by atoms with Gasteiger partial charge in [0.25, 0.3) is 0 Å². The summed E-state index contributed by atoms with van der Waals surface area (Å²) in [6.45, 7) is 7.26. The molecule has 0 saturated carbocycles. The summed E-state index contributed by atoms with van der Waals surface area (Å²) in [5.41, 5.74) is 0.497. The molecule has 0 spiro atoms. The number of amides is 4. The fourth-order valence-corrected chi connectivity index (χ4v) is 6.69. The maximum atomic E-state index is 14.2. The van der Waals surface area contributed by atoms with Gasteiger partial charge in [-0.1, -0.05) is 12.2 Å². The molecule has 17 heteroatoms. The molecule has 12 nitrogen and oxygen atoms in total. The van der Waals surface area contributed by atoms with Gasteiger partial charge in [-0.3, -0.25) is 9.59 Å². The SMILES string of the molecule is C=CCCN(C(=O)[C@H](Cc1cc(F)cc(F)c1)NS(=O)(=O)NC(=O)N[C@@H](Cc1cc(F)cc(F)c1)C(=O)N(CC=C)c1ccc(OC)cc1)c1ccc(OC)cc1. The summed E-state index contributed by atoms with van der Waals surface area (Å²) in [5.74, 6) is -4.63. The van der Waals surface area contributed by atoms with Gasteiger partial charge in [-0.15, -0.1) is 13.2 Å². The van der Waals surface area contributed by atoms with Gasteiger partial charge in [-0.25, -0.2) is 27.1 Å². The minimum absolute atomic E-state index is 0.0121. The Morgan fingerprint density at radius 1 is 0.684 bits per heavy atom. The summed E-state index contributed by atoms with van der Waals surface area (Å²) >= 11 is 0. The average Bonchev–Trinajstić information content (AvgIpc) is 3.15. The van der Waals surface area contributed by atoms with Crippen LogP contribution in [0.3, 0.4) is 0 Å². The van der Waals surface area contributed by atoms with E-state index in [0.29, 0.717) is 35.0 Å². The molecule has 0 fully saturated rings. The molecule has 0 aliphatic carbocycles. The van der Waals surface area contributed by atoms with Crippen molar-refractivity contribution in [1.82, 2.24) is 14.8 Å². The molecule has 4 aromatic carbocycles. The fraction of sp³-hybridized carbons (Fsp3) is 0.225. The predicted octanol–water partition coefficient (Wildman–Crippen LogP) is 5.74. The van der Waals surface area contributed by atoms with Crippen molar-refractivity contribution < 1.29 is 49.8 Å². The lowest BCUT2D eigenvalue weighted by Crippen LogP contribution is -2.57. The van der Waals surface area contributed by atoms with Crippen molar-refractivity contribution in [3.8, 4) is 11.5 Å². The third kappa shape index (κ3) is 12.7. The Bertz CT molecular complexity index is 2130. The number of anilines is 2. The molecule has 0 aromatic heterocycles. The Kier molecular flexibility index (Phi) is 15.4. The summed E-state index contributed by atoms with van der Waals surface area (Å²) in [7, 11) is -2.13. The van der Waals surface area contributed by atoms with E-state index < -0.39 is 76.2 Å². The average molecular weight is 812 g/mol. The van der Waals surface area contributed by atoms with Gasteiger partial charge in [-0.05, 0) is 96.8 Å². The van der Waals surface area contributed by atoms with Crippen LogP contribution in [0.5, 0.6) is 11.5 Å². The lowest BCUT2D eigenvalue weighted by Gasteiger charge is -2.29. The number of hydrogen-bond acceptors (Lipinski definition) is 7. The molecule has 2 atom stereocenters. The van der Waals surface area contributed by atoms with Gasteiger partial charge in [0.15, 0.2) is 0 Å². The molecule has 0 bridgehead atoms. The van der Waals surface area contributed by atoms with Crippen molar-refractivity contribution in [2.75, 3.05) is 37.1 Å². The van der Waals surface area contributed by atoms with E-state index in [-0.39, 0.29) is 30.6 Å². The zero-order valence-corrected chi connectivity index (χ0v) is 31.8. The molecule has 0 aliphatic heterocycles. The molecule has 0 saturated heterocycles. The van der Waals surface area contributed by atoms with Crippen LogP contribution in [-0.2, 0) is 32.6 Å². The van der Waals surface area contributed by atoms with E-state index in [4.69, 9.17) is 9.47 Å². The number of ether oxygens (including phenoxy) is 2. The summed E-state index contributed by atoms with van der Waals surface area (Å²) < 4.78 is 98.3. The lowest BCUT2D eigenvalue weighted by atomic mass is 10.0. The Labute approximate surface area is 328 Å². The Balaban J connectivity index is 1.66. The van der Waals surface area contributed by atoms with Gasteiger partial charge in [0.2, 0.25) is 11.8 Å². The maximum Gasteiger partial charge on any atom is 0.330 e. The molecular formula is C40H41F4N5O7S. The number of nitrogens with zero attached hydrogens (tertiary/aromatic N) is 2. The number of carbonyl (C=O) groups excluding carboxylic acids is 3. The first-order valence-electron chi connectivity index (χ1n) is 17.3. The van der Waals surface area contributed by atoms with Crippen molar-refractivity contribution in [3.63, 3.8) is 0 Å². The van der Waals surface area contributed by atoms with E-state index in [1.807, 2.05) is 0 Å². The van der Waals surface area contributed by atoms with Gasteiger partial charge < -0.3 is 24.6 Å². The van der Waals surface area contributed by atoms with Gasteiger partial charge in [-0.2, -0.15) is 13.1 Å². The normalized spacial score (nSPS) is 12.1. The van der Waals surface area contributed by atoms with E-state index in [1.165, 1.54) is 36.2 Å². The standard InChI is InChI=1S/C40H41F4N5O7S/c1-5-7-17-49(33-10-14-35(56-4)15-11-33)39(51)37(23-27-20-30(43)25-31(44)21-27)46-57(53,54)47-40(52)45-36(22-26-18-28(41)24-29(42)19-26)38(50)48(16-6-2)32-8-12-34(55-3)13-9-32/h5-6,8-15,18-21,24-25,36-37,46H,1-2,7,16-17,22-23H2,3-4H3,(H2,45,47,52)/t36-,37-/m0/s1. The van der Waals surface area contributed by atoms with Gasteiger partial charge in [0.1, 0.15) is 46.9 Å². The van der Waals surface area contributed by atoms with Crippen LogP contribution in [0.15, 0.2) is 110 Å². The molecular weight excluding hydrogens is 771 g/mol. The van der Waals surface area contributed by atoms with Crippen LogP contribution in [0.2, 0.25) is 0 Å². The second-order valence-electron chi connectivity index (χ2n) is 12.5. The molecule has 4 amide bonds. The topological polar surface area (TPSA) is 146 Å². The van der Waals surface area contributed by atoms with Crippen LogP contribution in [0, 0.1) is 23.3 Å². The van der Waals surface area contributed by atoms with Crippen molar-refractivity contribution in [2.45, 2.75) is 31.3 Å². The molecule has 4 aromatic rings. The molecule has 3 N–H and O–H groups in total. The minimum atomic E-state index is -5.02. The first-order chi connectivity index (χ1) is 27.1. The number of hydrogen-bond donors (Lipinski definition) is 3. The van der Waals surface area contributed by atoms with Crippen LogP contribution >= 0.6 is 0 Å². The van der Waals surface area contributed by atoms with Crippen LogP contribution in [0.25, 0.3) is 0 Å². The third-order valence-electron chi connectivity index (χ3n) is 8.32. The van der Waals surface area contributed by atoms with Crippen molar-refractivity contribution in [1.29, 1.82) is 0 Å². The second-order valence-corrected chi connectivity index (χ2v) is 13.9. The van der Waals surface area contributed by atoms with Crippen molar-refractivity contribution in [2.24, 2.45) is 0 Å². The molecule has 0 unspecified atom stereocenters. The number of benzene rings is 4. The number of nitrogens with one attached hydrogen (secondary N) is 3. The summed E-state index contributed by atoms with van der Waals surface area (Å²) in [4.78, 5) is 44.1. The zero-order chi connectivity index (χ0) is 41.7. The number of rotatable bonds is 19. The van der Waals surface area contributed by atoms with E-state index in [0.717, 1.165) is 24.3 Å². The van der Waals surface area contributed by atoms with Crippen LogP contribution in [-0.4, -0.2) is 65.7 Å². The highest BCUT2D eigenvalue weighted by Gasteiger charge is 2.33. The number of urea groups is 1. The van der Waals surface area contributed by atoms with Gasteiger partial charge in [0.05, 0.1) is 14.2 Å². The molecule has 0 heterocycles. The third-order valence-corrected chi connectivity index (χ3v) is 9.37. The summed E-state index contributed by atoms with van der Waals surface area (Å²) in [6.07, 6.45) is 2.11. The highest BCUT2D eigenvalue weighted by atomic mass is 32.2. The largest absolute Gasteiger partial charge is 0.497 e. The molecule has 0 radical (unpaired) electrons. The Hall–Kier alpha value is -6.20. The zero-order valence-electron chi connectivity index (χ0n) is 31.0. The van der Waals surface area contributed by atoms with Gasteiger partial charge >= 0.3 is 16.2 Å². The first-order valence-corrected chi connectivity index (χ1v) is 18.8. The molecule has 4 rings (SSSR count). The molecule has 0 aliphatic rings. The summed E-state index contributed by atoms with van der Waals surface area (Å²) in [6, 6.07) is 12.5. The van der Waals surface area contributed by atoms with Crippen LogP contribution < -0.4 is 34.0 Å². The van der Waals surface area contributed by atoms with E-state index in [9.17, 15) is 40.4 Å². The van der Waals surface area contributed by atoms with E-state index in [2.05, 4.69) is 23.2 Å². The first kappa shape index (κ1) is 43.5. The Morgan fingerprint density at radius 3 is 1.56 bits per heavy atom. The smallest absolute Gasteiger partial charge is 0.330 e. The van der Waals surface area contributed by atoms with Crippen LogP contribution in [0.4, 0.5) is 33.7 Å². The fourth-order valence-electron chi connectivity index (χ4n) is 5.77. The predicted molar refractivity (Wildman–Crippen MR) is 207 cm³/mol. The molecule has 57 heavy (non-hydrogen) atoms. The maximum absolute atomic E-state index is 14.2. The van der Waals surface area contributed by atoms with E-state index >= 15 is 0 Å². The lowest BCUT2D eigenvalue weighted by molar-refractivity contribution is -0.120. The number of halogens is 4. The van der Waals surface area contributed by atoms with Crippen molar-refractivity contribution in [3.05, 3.63) is 145 Å². The van der Waals surface area contributed by atoms with Crippen molar-refractivity contribution >= 4 is 39.4 Å². The highest BCUT2D eigenvalue weighted by Crippen LogP contribution is 2.23. The number of carbonyl (C=O) groups is 3. The minimum Gasteiger partial charge on any atom is -0.497 e. The van der Waals surface area contributed by atoms with Gasteiger partial charge in [0, 0.05) is 43.0 Å².